The van der Waals surface area contributed by atoms with Crippen molar-refractivity contribution in [3.8, 4) is 0 Å². The van der Waals surface area contributed by atoms with Gasteiger partial charge in [0.2, 0.25) is 0 Å². The van der Waals surface area contributed by atoms with Crippen LogP contribution < -0.4 is 5.32 Å². The SMILES string of the molecule is CC[C@H]1OC(=O)[C@H](C)[C@H](O)[C@H](C)[C@@H](O[C@@H]2O[C@H](C)C[C@H](N(C)C)[C@H]2O)[C@](C)(OC)C[C@@H](C)C(O)C(C)(O)[C@@H](CCNCc2ccccc2)[C@]1(C)O. The third kappa shape index (κ3) is 10.1. The van der Waals surface area contributed by atoms with Crippen LogP contribution in [0.5, 0.6) is 0 Å². The number of rotatable bonds is 10. The molecule has 0 radical (unpaired) electrons. The number of hydrogen-bond donors (Lipinski definition) is 6. The van der Waals surface area contributed by atoms with E-state index in [-0.39, 0.29) is 31.4 Å². The largest absolute Gasteiger partial charge is 0.459 e. The number of nitrogens with one attached hydrogen (secondary N) is 1. The van der Waals surface area contributed by atoms with E-state index in [0.717, 1.165) is 5.56 Å². The molecule has 2 aliphatic rings. The maximum absolute atomic E-state index is 13.8. The van der Waals surface area contributed by atoms with Crippen molar-refractivity contribution < 1.29 is 49.3 Å². The highest BCUT2D eigenvalue weighted by molar-refractivity contribution is 5.73. The van der Waals surface area contributed by atoms with Gasteiger partial charge in [-0.1, -0.05) is 51.1 Å². The summed E-state index contributed by atoms with van der Waals surface area (Å²) in [6, 6.07) is 9.60. The molecule has 0 aromatic heterocycles. The van der Waals surface area contributed by atoms with Crippen LogP contribution in [0.25, 0.3) is 0 Å². The molecule has 2 unspecified atom stereocenters. The molecule has 1 aromatic carbocycles. The normalized spacial score (nSPS) is 43.4. The van der Waals surface area contributed by atoms with E-state index in [2.05, 4.69) is 5.32 Å². The Morgan fingerprint density at radius 1 is 0.980 bits per heavy atom. The van der Waals surface area contributed by atoms with Gasteiger partial charge < -0.3 is 54.7 Å². The minimum absolute atomic E-state index is 0.148. The van der Waals surface area contributed by atoms with E-state index in [0.29, 0.717) is 19.5 Å². The maximum Gasteiger partial charge on any atom is 0.311 e. The number of methoxy groups -OCH3 is 1. The highest BCUT2D eigenvalue weighted by Gasteiger charge is 2.56. The van der Waals surface area contributed by atoms with E-state index in [4.69, 9.17) is 18.9 Å². The van der Waals surface area contributed by atoms with Gasteiger partial charge in [-0.25, -0.2) is 0 Å². The van der Waals surface area contributed by atoms with Crippen molar-refractivity contribution in [1.82, 2.24) is 10.2 Å². The summed E-state index contributed by atoms with van der Waals surface area (Å²) in [7, 11) is 5.27. The van der Waals surface area contributed by atoms with Gasteiger partial charge in [0, 0.05) is 31.5 Å². The molecule has 0 saturated carbocycles. The zero-order valence-corrected chi connectivity index (χ0v) is 32.8. The minimum atomic E-state index is -1.86. The van der Waals surface area contributed by atoms with Gasteiger partial charge >= 0.3 is 5.97 Å². The van der Waals surface area contributed by atoms with Crippen molar-refractivity contribution >= 4 is 5.97 Å². The van der Waals surface area contributed by atoms with Gasteiger partial charge in [-0.15, -0.1) is 0 Å². The number of esters is 1. The smallest absolute Gasteiger partial charge is 0.311 e. The second-order valence-electron chi connectivity index (χ2n) is 16.2. The number of nitrogens with zero attached hydrogens (tertiary/aromatic N) is 1. The summed E-state index contributed by atoms with van der Waals surface area (Å²) in [6.07, 6.45) is -5.80. The summed E-state index contributed by atoms with van der Waals surface area (Å²) in [5.41, 5.74) is -3.77. The highest BCUT2D eigenvalue weighted by atomic mass is 16.7. The fraction of sp³-hybridized carbons (Fsp3) is 0.821. The van der Waals surface area contributed by atoms with Crippen LogP contribution in [-0.2, 0) is 30.3 Å². The summed E-state index contributed by atoms with van der Waals surface area (Å²) < 4.78 is 24.9. The number of carbonyl (C=O) groups excluding carboxylic acids is 1. The molecule has 0 amide bonds. The third-order valence-electron chi connectivity index (χ3n) is 11.9. The van der Waals surface area contributed by atoms with Gasteiger partial charge in [0.05, 0.1) is 41.5 Å². The lowest BCUT2D eigenvalue weighted by Crippen LogP contribution is -2.63. The van der Waals surface area contributed by atoms with Crippen molar-refractivity contribution in [3.63, 3.8) is 0 Å². The molecule has 2 fully saturated rings. The number of cyclic esters (lactones) is 1. The zero-order chi connectivity index (χ0) is 38.5. The van der Waals surface area contributed by atoms with Crippen molar-refractivity contribution in [2.75, 3.05) is 27.7 Å². The molecule has 0 spiro atoms. The molecule has 0 aliphatic carbocycles. The van der Waals surface area contributed by atoms with E-state index < -0.39 is 83.3 Å². The first-order valence-corrected chi connectivity index (χ1v) is 18.7. The van der Waals surface area contributed by atoms with Crippen LogP contribution in [0.4, 0.5) is 0 Å². The van der Waals surface area contributed by atoms with Gasteiger partial charge in [-0.2, -0.15) is 0 Å². The molecular weight excluding hydrogens is 656 g/mol. The second-order valence-corrected chi connectivity index (χ2v) is 16.2. The van der Waals surface area contributed by atoms with Crippen molar-refractivity contribution in [2.24, 2.45) is 23.7 Å². The van der Waals surface area contributed by atoms with E-state index in [1.807, 2.05) is 56.3 Å². The predicted octanol–water partition coefficient (Wildman–Crippen LogP) is 2.86. The van der Waals surface area contributed by atoms with Crippen molar-refractivity contribution in [1.29, 1.82) is 0 Å². The molecule has 12 heteroatoms. The van der Waals surface area contributed by atoms with Gasteiger partial charge in [0.1, 0.15) is 17.8 Å². The van der Waals surface area contributed by atoms with Crippen LogP contribution >= 0.6 is 0 Å². The molecule has 2 saturated heterocycles. The summed E-state index contributed by atoms with van der Waals surface area (Å²) in [5.74, 6) is -4.10. The van der Waals surface area contributed by atoms with E-state index >= 15 is 0 Å². The Morgan fingerprint density at radius 2 is 1.61 bits per heavy atom. The second kappa shape index (κ2) is 18.1. The first-order valence-electron chi connectivity index (χ1n) is 18.7. The topological polar surface area (TPSA) is 170 Å². The molecule has 294 valence electrons. The number of hydrogen-bond acceptors (Lipinski definition) is 12. The zero-order valence-electron chi connectivity index (χ0n) is 32.8. The van der Waals surface area contributed by atoms with Crippen LogP contribution in [0, 0.1) is 23.7 Å². The lowest BCUT2D eigenvalue weighted by molar-refractivity contribution is -0.303. The molecule has 2 aliphatic heterocycles. The lowest BCUT2D eigenvalue weighted by Gasteiger charge is -2.51. The molecule has 12 nitrogen and oxygen atoms in total. The quantitative estimate of drug-likeness (QED) is 0.154. The number of aliphatic hydroxyl groups excluding tert-OH is 3. The van der Waals surface area contributed by atoms with Gasteiger partial charge in [0.25, 0.3) is 0 Å². The van der Waals surface area contributed by atoms with E-state index in [9.17, 15) is 30.3 Å². The molecule has 51 heavy (non-hydrogen) atoms. The Bertz CT molecular complexity index is 1220. The van der Waals surface area contributed by atoms with Crippen LogP contribution in [0.2, 0.25) is 0 Å². The van der Waals surface area contributed by atoms with Crippen LogP contribution in [0.1, 0.15) is 86.6 Å². The first kappa shape index (κ1) is 43.7. The fourth-order valence-electron chi connectivity index (χ4n) is 8.58. The Morgan fingerprint density at radius 3 is 2.18 bits per heavy atom. The molecule has 3 rings (SSSR count). The number of aliphatic hydroxyl groups is 5. The highest BCUT2D eigenvalue weighted by Crippen LogP contribution is 2.43. The lowest BCUT2D eigenvalue weighted by atomic mass is 9.66. The van der Waals surface area contributed by atoms with Gasteiger partial charge in [-0.05, 0) is 92.4 Å². The van der Waals surface area contributed by atoms with Gasteiger partial charge in [-0.3, -0.25) is 4.79 Å². The van der Waals surface area contributed by atoms with Crippen molar-refractivity contribution in [3.05, 3.63) is 35.9 Å². The fourth-order valence-corrected chi connectivity index (χ4v) is 8.58. The molecule has 2 heterocycles. The van der Waals surface area contributed by atoms with Crippen LogP contribution in [-0.4, -0.2) is 130 Å². The summed E-state index contributed by atoms with van der Waals surface area (Å²) in [5, 5.41) is 63.1. The summed E-state index contributed by atoms with van der Waals surface area (Å²) in [6.45, 7) is 14.6. The number of ether oxygens (including phenoxy) is 4. The molecular formula is C39H68N2O10. The molecule has 0 bridgehead atoms. The predicted molar refractivity (Wildman–Crippen MR) is 195 cm³/mol. The number of carbonyl (C=O) groups is 1. The first-order chi connectivity index (χ1) is 23.7. The van der Waals surface area contributed by atoms with Crippen LogP contribution in [0.3, 0.4) is 0 Å². The monoisotopic (exact) mass is 724 g/mol. The Kier molecular flexibility index (Phi) is 15.5. The Hall–Kier alpha value is -1.71. The summed E-state index contributed by atoms with van der Waals surface area (Å²) >= 11 is 0. The third-order valence-corrected chi connectivity index (χ3v) is 11.9. The summed E-state index contributed by atoms with van der Waals surface area (Å²) in [4.78, 5) is 15.7. The van der Waals surface area contributed by atoms with E-state index in [1.54, 1.807) is 41.5 Å². The minimum Gasteiger partial charge on any atom is -0.459 e. The molecule has 15 atom stereocenters. The number of likely N-dealkylation sites (N-methyl/N-ethyl adjacent to an activating group) is 1. The standard InChI is InChI=1S/C39H68N2O10/c1-12-30-38(7,46)29(18-19-40-22-27-16-14-13-15-17-27)39(8,47)33(44)23(2)21-37(6,48-11)34(25(4)31(42)26(5)35(45)50-30)51-36-32(43)28(41(9)10)20-24(3)49-36/h13-17,23-26,28-34,36,40,42-44,46-47H,12,18-22H2,1-11H3/t23-,24-,25+,26-,28+,29+,30-,31-,32-,33?,34-,36+,37-,38+,39?/m1/s1. The maximum atomic E-state index is 13.8. The van der Waals surface area contributed by atoms with Crippen molar-refractivity contribution in [2.45, 2.75) is 153 Å². The Labute approximate surface area is 305 Å². The van der Waals surface area contributed by atoms with Gasteiger partial charge in [0.15, 0.2) is 6.29 Å². The van der Waals surface area contributed by atoms with Crippen LogP contribution in [0.15, 0.2) is 30.3 Å². The van der Waals surface area contributed by atoms with E-state index in [1.165, 1.54) is 14.0 Å². The average Bonchev–Trinajstić information content (AvgIpc) is 3.08. The number of benzene rings is 1. The average molecular weight is 725 g/mol. The molecule has 1 aromatic rings. The Balaban J connectivity index is 2.06. The molecule has 6 N–H and O–H groups in total.